The normalized spacial score (nSPS) is 15.2. The molecular formula is C28H29F2N7O3S. The van der Waals surface area contributed by atoms with Crippen molar-refractivity contribution in [3.8, 4) is 0 Å². The van der Waals surface area contributed by atoms with Gasteiger partial charge in [0.25, 0.3) is 11.8 Å². The molecule has 0 aliphatic carbocycles. The fraction of sp³-hybridized carbons (Fsp3) is 0.250. The third kappa shape index (κ3) is 5.77. The zero-order chi connectivity index (χ0) is 29.5. The molecule has 1 aliphatic rings. The number of hydrogen-bond acceptors (Lipinski definition) is 5. The molecule has 0 bridgehead atoms. The molecule has 13 heteroatoms. The minimum Gasteiger partial charge on any atom is -0.378 e. The monoisotopic (exact) mass is 581 g/mol. The van der Waals surface area contributed by atoms with Crippen molar-refractivity contribution in [1.29, 1.82) is 0 Å². The van der Waals surface area contributed by atoms with Gasteiger partial charge in [-0.15, -0.1) is 0 Å². The molecule has 0 spiro atoms. The summed E-state index contributed by atoms with van der Waals surface area (Å²) in [6.07, 6.45) is 1.63. The summed E-state index contributed by atoms with van der Waals surface area (Å²) in [4.78, 5) is 31.0. The lowest BCUT2D eigenvalue weighted by atomic mass is 9.84. The molecule has 214 valence electrons. The molecule has 2 aromatic heterocycles. The largest absolute Gasteiger partial charge is 0.378 e. The van der Waals surface area contributed by atoms with Crippen molar-refractivity contribution in [2.75, 3.05) is 36.2 Å². The Morgan fingerprint density at radius 2 is 1.78 bits per heavy atom. The number of carbonyl (C=O) groups is 2. The second-order valence-electron chi connectivity index (χ2n) is 10.6. The number of amides is 2. The van der Waals surface area contributed by atoms with Gasteiger partial charge in [0.15, 0.2) is 5.82 Å². The van der Waals surface area contributed by atoms with Crippen molar-refractivity contribution in [3.05, 3.63) is 88.9 Å². The van der Waals surface area contributed by atoms with E-state index in [0.717, 1.165) is 29.6 Å². The van der Waals surface area contributed by atoms with Crippen molar-refractivity contribution in [1.82, 2.24) is 19.5 Å². The number of hydrogen-bond donors (Lipinski definition) is 4. The van der Waals surface area contributed by atoms with Crippen molar-refractivity contribution < 1.29 is 22.6 Å². The minimum absolute atomic E-state index is 0.000682. The molecule has 0 radical (unpaired) electrons. The van der Waals surface area contributed by atoms with Gasteiger partial charge in [-0.25, -0.2) is 17.3 Å². The average Bonchev–Trinajstić information content (AvgIpc) is 3.58. The maximum Gasteiger partial charge on any atom is 0.272 e. The van der Waals surface area contributed by atoms with Crippen LogP contribution in [0.3, 0.4) is 0 Å². The Bertz CT molecular complexity index is 1630. The van der Waals surface area contributed by atoms with Gasteiger partial charge < -0.3 is 20.5 Å². The second kappa shape index (κ2) is 10.9. The highest BCUT2D eigenvalue weighted by Crippen LogP contribution is 2.37. The number of aromatic amines is 2. The molecular weight excluding hydrogens is 552 g/mol. The summed E-state index contributed by atoms with van der Waals surface area (Å²) >= 11 is 0. The summed E-state index contributed by atoms with van der Waals surface area (Å²) in [7, 11) is 1.82. The van der Waals surface area contributed by atoms with E-state index in [1.54, 1.807) is 40.8 Å². The van der Waals surface area contributed by atoms with Gasteiger partial charge in [-0.2, -0.15) is 5.10 Å². The first kappa shape index (κ1) is 28.2. The van der Waals surface area contributed by atoms with E-state index >= 15 is 0 Å². The Labute approximate surface area is 237 Å². The molecule has 1 unspecified atom stereocenters. The highest BCUT2D eigenvalue weighted by molar-refractivity contribution is 7.82. The SMILES string of the molecule is CN(C)c1ccc(C(=O)Nc2n[nH]c3c2CN(S(=O)c2cc(F)cc(F)c2)CC3(C)C)c(NC(=O)c2ccc[nH]2)c1. The van der Waals surface area contributed by atoms with Crippen LogP contribution >= 0.6 is 0 Å². The van der Waals surface area contributed by atoms with Crippen LogP contribution in [-0.4, -0.2) is 56.1 Å². The maximum atomic E-state index is 13.8. The molecule has 10 nitrogen and oxygen atoms in total. The van der Waals surface area contributed by atoms with E-state index in [4.69, 9.17) is 0 Å². The van der Waals surface area contributed by atoms with Gasteiger partial charge in [-0.3, -0.25) is 14.7 Å². The van der Waals surface area contributed by atoms with Crippen LogP contribution in [0.5, 0.6) is 0 Å². The van der Waals surface area contributed by atoms with Gasteiger partial charge in [-0.1, -0.05) is 13.8 Å². The van der Waals surface area contributed by atoms with Gasteiger partial charge in [-0.05, 0) is 42.5 Å². The lowest BCUT2D eigenvalue weighted by molar-refractivity contribution is 0.102. The molecule has 0 saturated carbocycles. The molecule has 0 saturated heterocycles. The predicted octanol–water partition coefficient (Wildman–Crippen LogP) is 4.40. The summed E-state index contributed by atoms with van der Waals surface area (Å²) in [6, 6.07) is 11.2. The van der Waals surface area contributed by atoms with E-state index in [0.29, 0.717) is 23.5 Å². The van der Waals surface area contributed by atoms with Crippen LogP contribution in [0.25, 0.3) is 0 Å². The fourth-order valence-electron chi connectivity index (χ4n) is 4.78. The third-order valence-electron chi connectivity index (χ3n) is 6.81. The Morgan fingerprint density at radius 1 is 1.05 bits per heavy atom. The molecule has 1 atom stereocenters. The summed E-state index contributed by atoms with van der Waals surface area (Å²) in [5, 5.41) is 12.9. The number of halogens is 2. The molecule has 2 amide bonds. The van der Waals surface area contributed by atoms with Crippen LogP contribution in [0, 0.1) is 11.6 Å². The van der Waals surface area contributed by atoms with Crippen molar-refractivity contribution in [2.24, 2.45) is 0 Å². The third-order valence-corrected chi connectivity index (χ3v) is 8.18. The Morgan fingerprint density at radius 3 is 2.44 bits per heavy atom. The topological polar surface area (TPSA) is 126 Å². The number of rotatable bonds is 7. The summed E-state index contributed by atoms with van der Waals surface area (Å²) in [5.41, 5.74) is 2.38. The van der Waals surface area contributed by atoms with Gasteiger partial charge in [0.2, 0.25) is 0 Å². The van der Waals surface area contributed by atoms with Crippen LogP contribution in [0.4, 0.5) is 26.0 Å². The van der Waals surface area contributed by atoms with Crippen LogP contribution in [0.2, 0.25) is 0 Å². The van der Waals surface area contributed by atoms with E-state index in [9.17, 15) is 22.6 Å². The number of fused-ring (bicyclic) bond motifs is 1. The van der Waals surface area contributed by atoms with Gasteiger partial charge in [0.05, 0.1) is 16.1 Å². The van der Waals surface area contributed by atoms with E-state index in [2.05, 4.69) is 25.8 Å². The van der Waals surface area contributed by atoms with Gasteiger partial charge in [0, 0.05) is 61.8 Å². The Kier molecular flexibility index (Phi) is 7.49. The highest BCUT2D eigenvalue weighted by Gasteiger charge is 2.38. The predicted molar refractivity (Wildman–Crippen MR) is 152 cm³/mol. The molecule has 4 aromatic rings. The lowest BCUT2D eigenvalue weighted by Crippen LogP contribution is -2.43. The Hall–Kier alpha value is -4.36. The lowest BCUT2D eigenvalue weighted by Gasteiger charge is -2.36. The quantitative estimate of drug-likeness (QED) is 0.257. The van der Waals surface area contributed by atoms with Crippen molar-refractivity contribution >= 4 is 40.0 Å². The molecule has 2 aromatic carbocycles. The zero-order valence-corrected chi connectivity index (χ0v) is 23.7. The van der Waals surface area contributed by atoms with Gasteiger partial charge >= 0.3 is 0 Å². The van der Waals surface area contributed by atoms with Gasteiger partial charge in [0.1, 0.15) is 28.3 Å². The second-order valence-corrected chi connectivity index (χ2v) is 12.1. The highest BCUT2D eigenvalue weighted by atomic mass is 32.2. The maximum absolute atomic E-state index is 13.8. The first-order chi connectivity index (χ1) is 19.4. The van der Waals surface area contributed by atoms with E-state index in [-0.39, 0.29) is 22.8 Å². The molecule has 3 heterocycles. The molecule has 1 aliphatic heterocycles. The average molecular weight is 582 g/mol. The first-order valence-electron chi connectivity index (χ1n) is 12.7. The molecule has 4 N–H and O–H groups in total. The molecule has 0 fully saturated rings. The summed E-state index contributed by atoms with van der Waals surface area (Å²) in [5.74, 6) is -2.34. The van der Waals surface area contributed by atoms with E-state index in [1.165, 1.54) is 0 Å². The number of carbonyl (C=O) groups excluding carboxylic acids is 2. The van der Waals surface area contributed by atoms with E-state index in [1.807, 2.05) is 32.8 Å². The van der Waals surface area contributed by atoms with E-state index < -0.39 is 39.8 Å². The van der Waals surface area contributed by atoms with Crippen LogP contribution in [-0.2, 0) is 22.9 Å². The molecule has 5 rings (SSSR count). The number of anilines is 3. The van der Waals surface area contributed by atoms with Crippen LogP contribution < -0.4 is 15.5 Å². The number of benzene rings is 2. The zero-order valence-electron chi connectivity index (χ0n) is 22.8. The standard InChI is InChI=1S/C28H29F2N7O3S/c1-28(2)15-37(41(40)19-11-16(29)10-17(30)12-19)14-21-24(28)34-35-25(21)33-26(38)20-8-7-18(36(3)4)13-23(20)32-27(39)22-6-5-9-31-22/h5-13,31H,14-15H2,1-4H3,(H,32,39)(H2,33,34,35,38). The fourth-order valence-corrected chi connectivity index (χ4v) is 6.19. The summed E-state index contributed by atoms with van der Waals surface area (Å²) < 4.78 is 42.6. The Balaban J connectivity index is 1.43. The number of H-pyrrole nitrogens is 2. The first-order valence-corrected chi connectivity index (χ1v) is 13.8. The van der Waals surface area contributed by atoms with Crippen LogP contribution in [0.1, 0.15) is 46.0 Å². The number of aromatic nitrogens is 3. The van der Waals surface area contributed by atoms with Crippen molar-refractivity contribution in [3.63, 3.8) is 0 Å². The summed E-state index contributed by atoms with van der Waals surface area (Å²) in [6.45, 7) is 4.24. The minimum atomic E-state index is -1.87. The number of nitrogens with one attached hydrogen (secondary N) is 4. The smallest absolute Gasteiger partial charge is 0.272 e. The molecule has 41 heavy (non-hydrogen) atoms. The number of nitrogens with zero attached hydrogens (tertiary/aromatic N) is 3. The van der Waals surface area contributed by atoms with Crippen LogP contribution in [0.15, 0.2) is 59.6 Å². The van der Waals surface area contributed by atoms with Crippen molar-refractivity contribution in [2.45, 2.75) is 30.7 Å².